The first-order valence-corrected chi connectivity index (χ1v) is 10.7. The highest BCUT2D eigenvalue weighted by atomic mass is 32.2. The van der Waals surface area contributed by atoms with Crippen LogP contribution in [-0.4, -0.2) is 29.7 Å². The quantitative estimate of drug-likeness (QED) is 0.582. The van der Waals surface area contributed by atoms with Crippen LogP contribution in [0.15, 0.2) is 64.6 Å². The van der Waals surface area contributed by atoms with Gasteiger partial charge in [0.15, 0.2) is 5.16 Å². The van der Waals surface area contributed by atoms with Gasteiger partial charge in [0.05, 0.1) is 4.90 Å². The predicted octanol–water partition coefficient (Wildman–Crippen LogP) is 2.77. The lowest BCUT2D eigenvalue weighted by Gasteiger charge is -2.07. The van der Waals surface area contributed by atoms with E-state index in [4.69, 9.17) is 0 Å². The van der Waals surface area contributed by atoms with Gasteiger partial charge in [-0.3, -0.25) is 0 Å². The summed E-state index contributed by atoms with van der Waals surface area (Å²) in [6.07, 6.45) is 0.379. The fraction of sp³-hybridized carbons (Fsp3) is 0.222. The first kappa shape index (κ1) is 19.5. The van der Waals surface area contributed by atoms with Gasteiger partial charge in [-0.1, -0.05) is 48.2 Å². The minimum absolute atomic E-state index is 0.0976. The van der Waals surface area contributed by atoms with E-state index in [1.165, 1.54) is 23.8 Å². The van der Waals surface area contributed by atoms with Gasteiger partial charge in [-0.25, -0.2) is 17.5 Å². The third kappa shape index (κ3) is 5.15. The minimum atomic E-state index is -3.76. The highest BCUT2D eigenvalue weighted by Crippen LogP contribution is 2.21. The standard InChI is InChI=1S/C18H19FN4O2S2/c1-23-17(21-22-18(23)26-13-14-6-3-2-4-7-14)10-11-20-27(24,25)16-9-5-8-15(19)12-16/h2-9,12,20H,10-11,13H2,1H3. The second kappa shape index (κ2) is 8.64. The van der Waals surface area contributed by atoms with Crippen LogP contribution < -0.4 is 4.72 Å². The molecule has 0 saturated carbocycles. The Balaban J connectivity index is 1.56. The van der Waals surface area contributed by atoms with E-state index >= 15 is 0 Å². The van der Waals surface area contributed by atoms with Gasteiger partial charge in [0, 0.05) is 25.8 Å². The van der Waals surface area contributed by atoms with E-state index in [0.29, 0.717) is 12.2 Å². The zero-order valence-corrected chi connectivity index (χ0v) is 16.3. The first-order chi connectivity index (χ1) is 13.0. The Hall–Kier alpha value is -2.23. The van der Waals surface area contributed by atoms with Crippen molar-refractivity contribution >= 4 is 21.8 Å². The molecular weight excluding hydrogens is 387 g/mol. The van der Waals surface area contributed by atoms with Crippen molar-refractivity contribution in [2.45, 2.75) is 22.2 Å². The summed E-state index contributed by atoms with van der Waals surface area (Å²) in [7, 11) is -1.91. The average molecular weight is 407 g/mol. The predicted molar refractivity (Wildman–Crippen MR) is 102 cm³/mol. The molecule has 9 heteroatoms. The maximum absolute atomic E-state index is 13.2. The molecule has 1 N–H and O–H groups in total. The van der Waals surface area contributed by atoms with Gasteiger partial charge >= 0.3 is 0 Å². The number of sulfonamides is 1. The van der Waals surface area contributed by atoms with Gasteiger partial charge in [0.1, 0.15) is 11.6 Å². The Morgan fingerprint density at radius 2 is 1.89 bits per heavy atom. The molecule has 1 aromatic heterocycles. The van der Waals surface area contributed by atoms with Crippen LogP contribution in [0.2, 0.25) is 0 Å². The maximum Gasteiger partial charge on any atom is 0.240 e. The number of rotatable bonds is 8. The zero-order valence-electron chi connectivity index (χ0n) is 14.7. The molecule has 0 aliphatic rings. The second-order valence-corrected chi connectivity index (χ2v) is 8.55. The summed E-state index contributed by atoms with van der Waals surface area (Å²) in [4.78, 5) is -0.0976. The lowest BCUT2D eigenvalue weighted by Crippen LogP contribution is -2.26. The third-order valence-electron chi connectivity index (χ3n) is 3.88. The number of thioether (sulfide) groups is 1. The fourth-order valence-electron chi connectivity index (χ4n) is 2.43. The summed E-state index contributed by atoms with van der Waals surface area (Å²) in [6.45, 7) is 0.147. The topological polar surface area (TPSA) is 76.9 Å². The molecule has 3 rings (SSSR count). The Kier molecular flexibility index (Phi) is 6.25. The van der Waals surface area contributed by atoms with Crippen LogP contribution in [-0.2, 0) is 29.2 Å². The van der Waals surface area contributed by atoms with Gasteiger partial charge in [-0.15, -0.1) is 10.2 Å². The summed E-state index contributed by atoms with van der Waals surface area (Å²) in [5.41, 5.74) is 1.19. The molecule has 27 heavy (non-hydrogen) atoms. The number of nitrogens with one attached hydrogen (secondary N) is 1. The molecule has 2 aromatic carbocycles. The number of nitrogens with zero attached hydrogens (tertiary/aromatic N) is 3. The molecule has 0 radical (unpaired) electrons. The first-order valence-electron chi connectivity index (χ1n) is 8.26. The van der Waals surface area contributed by atoms with Gasteiger partial charge in [0.2, 0.25) is 10.0 Å². The normalized spacial score (nSPS) is 11.6. The minimum Gasteiger partial charge on any atom is -0.309 e. The smallest absolute Gasteiger partial charge is 0.240 e. The Labute approximate surface area is 161 Å². The van der Waals surface area contributed by atoms with E-state index < -0.39 is 15.8 Å². The van der Waals surface area contributed by atoms with E-state index in [0.717, 1.165) is 17.0 Å². The molecule has 0 atom stereocenters. The molecule has 142 valence electrons. The number of hydrogen-bond acceptors (Lipinski definition) is 5. The van der Waals surface area contributed by atoms with Crippen molar-refractivity contribution in [1.29, 1.82) is 0 Å². The zero-order chi connectivity index (χ0) is 19.3. The molecular formula is C18H19FN4O2S2. The van der Waals surface area contributed by atoms with E-state index in [-0.39, 0.29) is 11.4 Å². The maximum atomic E-state index is 13.2. The fourth-order valence-corrected chi connectivity index (χ4v) is 4.37. The van der Waals surface area contributed by atoms with Gasteiger partial charge in [-0.2, -0.15) is 0 Å². The van der Waals surface area contributed by atoms with Crippen LogP contribution in [0, 0.1) is 5.82 Å². The van der Waals surface area contributed by atoms with Crippen LogP contribution >= 0.6 is 11.8 Å². The molecule has 6 nitrogen and oxygen atoms in total. The molecule has 0 unspecified atom stereocenters. The number of halogens is 1. The summed E-state index contributed by atoms with van der Waals surface area (Å²) in [5.74, 6) is 0.859. The highest BCUT2D eigenvalue weighted by molar-refractivity contribution is 7.98. The molecule has 3 aromatic rings. The SMILES string of the molecule is Cn1c(CCNS(=O)(=O)c2cccc(F)c2)nnc1SCc1ccccc1. The summed E-state index contributed by atoms with van der Waals surface area (Å²) in [6, 6.07) is 15.0. The van der Waals surface area contributed by atoms with Gasteiger partial charge in [-0.05, 0) is 23.8 Å². The van der Waals surface area contributed by atoms with Crippen molar-refractivity contribution in [1.82, 2.24) is 19.5 Å². The average Bonchev–Trinajstić information content (AvgIpc) is 3.01. The Bertz CT molecular complexity index is 1010. The van der Waals surface area contributed by atoms with Crippen molar-refractivity contribution < 1.29 is 12.8 Å². The molecule has 1 heterocycles. The third-order valence-corrected chi connectivity index (χ3v) is 6.43. The monoisotopic (exact) mass is 406 g/mol. The second-order valence-electron chi connectivity index (χ2n) is 5.84. The van der Waals surface area contributed by atoms with Crippen molar-refractivity contribution in [3.05, 3.63) is 71.8 Å². The van der Waals surface area contributed by atoms with Crippen molar-refractivity contribution in [3.63, 3.8) is 0 Å². The van der Waals surface area contributed by atoms with Crippen LogP contribution in [0.1, 0.15) is 11.4 Å². The van der Waals surface area contributed by atoms with Crippen molar-refractivity contribution in [2.75, 3.05) is 6.54 Å². The van der Waals surface area contributed by atoms with E-state index in [1.807, 2.05) is 41.9 Å². The molecule has 0 saturated heterocycles. The van der Waals surface area contributed by atoms with Crippen molar-refractivity contribution in [3.8, 4) is 0 Å². The highest BCUT2D eigenvalue weighted by Gasteiger charge is 2.15. The number of aromatic nitrogens is 3. The Morgan fingerprint density at radius 3 is 2.63 bits per heavy atom. The molecule has 0 aliphatic heterocycles. The van der Waals surface area contributed by atoms with Crippen LogP contribution in [0.3, 0.4) is 0 Å². The van der Waals surface area contributed by atoms with Crippen LogP contribution in [0.4, 0.5) is 4.39 Å². The lowest BCUT2D eigenvalue weighted by molar-refractivity contribution is 0.576. The van der Waals surface area contributed by atoms with Crippen LogP contribution in [0.5, 0.6) is 0 Å². The van der Waals surface area contributed by atoms with E-state index in [2.05, 4.69) is 14.9 Å². The largest absolute Gasteiger partial charge is 0.309 e. The van der Waals surface area contributed by atoms with E-state index in [1.54, 1.807) is 11.8 Å². The number of hydrogen-bond donors (Lipinski definition) is 1. The molecule has 0 fully saturated rings. The molecule has 0 aliphatic carbocycles. The Morgan fingerprint density at radius 1 is 1.11 bits per heavy atom. The summed E-state index contributed by atoms with van der Waals surface area (Å²) in [5, 5.41) is 9.06. The van der Waals surface area contributed by atoms with Crippen molar-refractivity contribution in [2.24, 2.45) is 7.05 Å². The number of benzene rings is 2. The molecule has 0 spiro atoms. The van der Waals surface area contributed by atoms with E-state index in [9.17, 15) is 12.8 Å². The summed E-state index contributed by atoms with van der Waals surface area (Å²) < 4.78 is 41.9. The summed E-state index contributed by atoms with van der Waals surface area (Å²) >= 11 is 1.57. The molecule has 0 bridgehead atoms. The van der Waals surface area contributed by atoms with Gasteiger partial charge in [0.25, 0.3) is 0 Å². The van der Waals surface area contributed by atoms with Crippen LogP contribution in [0.25, 0.3) is 0 Å². The lowest BCUT2D eigenvalue weighted by atomic mass is 10.2. The molecule has 0 amide bonds. The van der Waals surface area contributed by atoms with Gasteiger partial charge < -0.3 is 4.57 Å².